The van der Waals surface area contributed by atoms with E-state index in [1.165, 1.54) is 6.07 Å². The fraction of sp³-hybridized carbons (Fsp3) is 0.500. The number of hydrogen-bond donors (Lipinski definition) is 2. The molecular weight excluding hydrogens is 245 g/mol. The topological polar surface area (TPSA) is 58.4 Å². The Morgan fingerprint density at radius 1 is 1.47 bits per heavy atom. The van der Waals surface area contributed by atoms with Crippen LogP contribution in [0.3, 0.4) is 0 Å². The van der Waals surface area contributed by atoms with Gasteiger partial charge in [-0.2, -0.15) is 0 Å². The molecule has 0 radical (unpaired) electrons. The van der Waals surface area contributed by atoms with Crippen LogP contribution >= 0.6 is 0 Å². The standard InChI is InChI=1S/C14H20FN3O/c15-12-7-1-2-8-13(12)17-14(19)18-10-4-6-11(18)5-3-9-16/h1-2,7-8,11H,3-6,9-10,16H2,(H,17,19). The highest BCUT2D eigenvalue weighted by molar-refractivity contribution is 5.89. The van der Waals surface area contributed by atoms with Crippen molar-refractivity contribution in [3.8, 4) is 0 Å². The Bertz CT molecular complexity index is 438. The van der Waals surface area contributed by atoms with Crippen molar-refractivity contribution in [3.05, 3.63) is 30.1 Å². The lowest BCUT2D eigenvalue weighted by Crippen LogP contribution is -2.39. The Kier molecular flexibility index (Phi) is 4.74. The lowest BCUT2D eigenvalue weighted by atomic mass is 10.1. The first-order valence-electron chi connectivity index (χ1n) is 6.74. The highest BCUT2D eigenvalue weighted by Gasteiger charge is 2.28. The molecular formula is C14H20FN3O. The first-order valence-corrected chi connectivity index (χ1v) is 6.74. The van der Waals surface area contributed by atoms with Crippen LogP contribution < -0.4 is 11.1 Å². The number of rotatable bonds is 4. The van der Waals surface area contributed by atoms with E-state index >= 15 is 0 Å². The summed E-state index contributed by atoms with van der Waals surface area (Å²) in [5.41, 5.74) is 5.74. The van der Waals surface area contributed by atoms with Crippen LogP contribution in [-0.4, -0.2) is 30.1 Å². The fourth-order valence-electron chi connectivity index (χ4n) is 2.51. The van der Waals surface area contributed by atoms with Crippen LogP contribution in [0.25, 0.3) is 0 Å². The summed E-state index contributed by atoms with van der Waals surface area (Å²) in [6, 6.07) is 6.23. The number of nitrogens with two attached hydrogens (primary N) is 1. The van der Waals surface area contributed by atoms with Gasteiger partial charge < -0.3 is 16.0 Å². The molecule has 19 heavy (non-hydrogen) atoms. The zero-order chi connectivity index (χ0) is 13.7. The fourth-order valence-corrected chi connectivity index (χ4v) is 2.51. The van der Waals surface area contributed by atoms with Crippen LogP contribution in [0, 0.1) is 5.82 Å². The van der Waals surface area contributed by atoms with Gasteiger partial charge in [-0.05, 0) is 44.4 Å². The van der Waals surface area contributed by atoms with Gasteiger partial charge in [0.15, 0.2) is 0 Å². The van der Waals surface area contributed by atoms with E-state index in [4.69, 9.17) is 5.73 Å². The van der Waals surface area contributed by atoms with Crippen molar-refractivity contribution in [2.45, 2.75) is 31.7 Å². The highest BCUT2D eigenvalue weighted by atomic mass is 19.1. The first kappa shape index (κ1) is 13.8. The van der Waals surface area contributed by atoms with Crippen molar-refractivity contribution < 1.29 is 9.18 Å². The van der Waals surface area contributed by atoms with Gasteiger partial charge in [-0.15, -0.1) is 0 Å². The number of nitrogens with one attached hydrogen (secondary N) is 1. The van der Waals surface area contributed by atoms with Crippen LogP contribution in [0.1, 0.15) is 25.7 Å². The molecule has 104 valence electrons. The predicted molar refractivity (Wildman–Crippen MR) is 73.4 cm³/mol. The molecule has 1 heterocycles. The Morgan fingerprint density at radius 2 is 2.26 bits per heavy atom. The molecule has 0 bridgehead atoms. The van der Waals surface area contributed by atoms with E-state index in [1.54, 1.807) is 23.1 Å². The van der Waals surface area contributed by atoms with E-state index in [-0.39, 0.29) is 17.8 Å². The number of nitrogens with zero attached hydrogens (tertiary/aromatic N) is 1. The minimum absolute atomic E-state index is 0.218. The van der Waals surface area contributed by atoms with Crippen LogP contribution in [-0.2, 0) is 0 Å². The zero-order valence-corrected chi connectivity index (χ0v) is 10.9. The van der Waals surface area contributed by atoms with Gasteiger partial charge in [0.25, 0.3) is 0 Å². The van der Waals surface area contributed by atoms with E-state index in [0.29, 0.717) is 6.54 Å². The Morgan fingerprint density at radius 3 is 3.00 bits per heavy atom. The maximum atomic E-state index is 13.5. The third kappa shape index (κ3) is 3.44. The van der Waals surface area contributed by atoms with Gasteiger partial charge in [0.05, 0.1) is 5.69 Å². The Labute approximate surface area is 112 Å². The quantitative estimate of drug-likeness (QED) is 0.879. The number of anilines is 1. The summed E-state index contributed by atoms with van der Waals surface area (Å²) in [6.45, 7) is 1.37. The van der Waals surface area contributed by atoms with Crippen LogP contribution in [0.15, 0.2) is 24.3 Å². The van der Waals surface area contributed by atoms with Gasteiger partial charge in [0, 0.05) is 12.6 Å². The number of para-hydroxylation sites is 1. The second-order valence-electron chi connectivity index (χ2n) is 4.83. The van der Waals surface area contributed by atoms with Crippen molar-refractivity contribution in [2.75, 3.05) is 18.4 Å². The molecule has 4 nitrogen and oxygen atoms in total. The number of amides is 2. The summed E-state index contributed by atoms with van der Waals surface area (Å²) >= 11 is 0. The molecule has 2 amide bonds. The second-order valence-corrected chi connectivity index (χ2v) is 4.83. The molecule has 1 aliphatic rings. The number of hydrogen-bond acceptors (Lipinski definition) is 2. The molecule has 1 atom stereocenters. The van der Waals surface area contributed by atoms with Crippen LogP contribution in [0.2, 0.25) is 0 Å². The van der Waals surface area contributed by atoms with Crippen molar-refractivity contribution in [3.63, 3.8) is 0 Å². The number of benzene rings is 1. The highest BCUT2D eigenvalue weighted by Crippen LogP contribution is 2.23. The van der Waals surface area contributed by atoms with Gasteiger partial charge in [0.1, 0.15) is 5.82 Å². The van der Waals surface area contributed by atoms with Crippen molar-refractivity contribution >= 4 is 11.7 Å². The number of likely N-dealkylation sites (tertiary alicyclic amines) is 1. The summed E-state index contributed by atoms with van der Waals surface area (Å²) in [4.78, 5) is 14.0. The van der Waals surface area contributed by atoms with Gasteiger partial charge in [-0.1, -0.05) is 12.1 Å². The minimum Gasteiger partial charge on any atom is -0.330 e. The molecule has 1 aromatic carbocycles. The molecule has 0 aliphatic carbocycles. The van der Waals surface area contributed by atoms with E-state index in [2.05, 4.69) is 5.32 Å². The lowest BCUT2D eigenvalue weighted by molar-refractivity contribution is 0.203. The summed E-state index contributed by atoms with van der Waals surface area (Å²) < 4.78 is 13.5. The number of carbonyl (C=O) groups is 1. The lowest BCUT2D eigenvalue weighted by Gasteiger charge is -2.25. The number of halogens is 1. The zero-order valence-electron chi connectivity index (χ0n) is 10.9. The van der Waals surface area contributed by atoms with Crippen LogP contribution in [0.5, 0.6) is 0 Å². The van der Waals surface area contributed by atoms with E-state index in [1.807, 2.05) is 0 Å². The van der Waals surface area contributed by atoms with E-state index < -0.39 is 5.82 Å². The SMILES string of the molecule is NCCCC1CCCN1C(=O)Nc1ccccc1F. The summed E-state index contributed by atoms with van der Waals surface area (Å²) in [5.74, 6) is -0.409. The third-order valence-electron chi connectivity index (χ3n) is 3.49. The first-order chi connectivity index (χ1) is 9.22. The van der Waals surface area contributed by atoms with Gasteiger partial charge >= 0.3 is 6.03 Å². The molecule has 1 unspecified atom stereocenters. The Balaban J connectivity index is 1.97. The molecule has 5 heteroatoms. The molecule has 1 aliphatic heterocycles. The molecule has 2 rings (SSSR count). The largest absolute Gasteiger partial charge is 0.330 e. The summed E-state index contributed by atoms with van der Waals surface area (Å²) in [7, 11) is 0. The average Bonchev–Trinajstić information content (AvgIpc) is 2.87. The number of urea groups is 1. The van der Waals surface area contributed by atoms with Crippen LogP contribution in [0.4, 0.5) is 14.9 Å². The second kappa shape index (κ2) is 6.52. The van der Waals surface area contributed by atoms with Gasteiger partial charge in [-0.3, -0.25) is 0 Å². The molecule has 3 N–H and O–H groups in total. The summed E-state index contributed by atoms with van der Waals surface area (Å²) in [5, 5.41) is 2.64. The van der Waals surface area contributed by atoms with Gasteiger partial charge in [0.2, 0.25) is 0 Å². The maximum Gasteiger partial charge on any atom is 0.322 e. The molecule has 0 saturated carbocycles. The van der Waals surface area contributed by atoms with Crippen molar-refractivity contribution in [1.29, 1.82) is 0 Å². The monoisotopic (exact) mass is 265 g/mol. The van der Waals surface area contributed by atoms with Gasteiger partial charge in [-0.25, -0.2) is 9.18 Å². The smallest absolute Gasteiger partial charge is 0.322 e. The molecule has 1 fully saturated rings. The average molecular weight is 265 g/mol. The van der Waals surface area contributed by atoms with Crippen molar-refractivity contribution in [2.24, 2.45) is 5.73 Å². The number of carbonyl (C=O) groups excluding carboxylic acids is 1. The maximum absolute atomic E-state index is 13.5. The third-order valence-corrected chi connectivity index (χ3v) is 3.49. The van der Waals surface area contributed by atoms with Crippen molar-refractivity contribution in [1.82, 2.24) is 4.90 Å². The molecule has 0 spiro atoms. The normalized spacial score (nSPS) is 18.6. The Hall–Kier alpha value is -1.62. The molecule has 1 saturated heterocycles. The predicted octanol–water partition coefficient (Wildman–Crippen LogP) is 2.56. The van der Waals surface area contributed by atoms with E-state index in [9.17, 15) is 9.18 Å². The minimum atomic E-state index is -0.409. The summed E-state index contributed by atoms with van der Waals surface area (Å²) in [6.07, 6.45) is 3.83. The molecule has 0 aromatic heterocycles. The van der Waals surface area contributed by atoms with E-state index in [0.717, 1.165) is 32.2 Å². The molecule has 1 aromatic rings.